The van der Waals surface area contributed by atoms with Gasteiger partial charge in [-0.3, -0.25) is 4.79 Å². The fourth-order valence-electron chi connectivity index (χ4n) is 4.77. The molecule has 0 spiro atoms. The number of thiophene rings is 1. The van der Waals surface area contributed by atoms with Gasteiger partial charge in [-0.2, -0.15) is 0 Å². The van der Waals surface area contributed by atoms with E-state index >= 15 is 0 Å². The summed E-state index contributed by atoms with van der Waals surface area (Å²) in [6.45, 7) is 11.7. The highest BCUT2D eigenvalue weighted by molar-refractivity contribution is 7.98. The van der Waals surface area contributed by atoms with Gasteiger partial charge < -0.3 is 19.3 Å². The van der Waals surface area contributed by atoms with E-state index in [0.29, 0.717) is 6.04 Å². The molecule has 1 saturated heterocycles. The van der Waals surface area contributed by atoms with Gasteiger partial charge in [-0.15, -0.1) is 23.1 Å². The number of benzene rings is 1. The number of nitrogens with one attached hydrogen (secondary N) is 1. The first-order valence-electron chi connectivity index (χ1n) is 13.1. The number of carbonyl (C=O) groups excluding carboxylic acids is 1. The summed E-state index contributed by atoms with van der Waals surface area (Å²) in [4.78, 5) is 19.1. The molecule has 0 saturated carbocycles. The van der Waals surface area contributed by atoms with Crippen molar-refractivity contribution in [3.63, 3.8) is 0 Å². The molecule has 1 amide bonds. The third-order valence-electron chi connectivity index (χ3n) is 6.94. The van der Waals surface area contributed by atoms with E-state index in [1.54, 1.807) is 29.3 Å². The van der Waals surface area contributed by atoms with Gasteiger partial charge in [-0.1, -0.05) is 12.1 Å². The Morgan fingerprint density at radius 1 is 1.16 bits per heavy atom. The standard InChI is InChI=1S/C20H29N3OS.C9H9NOS/c1-5-23-18-7-6-17(25-4)12-15(18)13-19(23)20(24)21-16-8-10-22(11-9-16)14(2)3;1-2-7-3-4-9(12-7)8-5-6-10-11-8/h6-7,12-14,16H,5,8-11H2,1-4H3,(H,21,24);3-6H,2H2,1H3. The van der Waals surface area contributed by atoms with Crippen molar-refractivity contribution in [1.82, 2.24) is 19.9 Å². The summed E-state index contributed by atoms with van der Waals surface area (Å²) in [5.41, 5.74) is 1.92. The molecule has 1 aliphatic rings. The Kier molecular flexibility index (Phi) is 9.51. The second kappa shape index (κ2) is 12.8. The Morgan fingerprint density at radius 3 is 2.54 bits per heavy atom. The number of nitrogens with zero attached hydrogens (tertiary/aromatic N) is 3. The second-order valence-electron chi connectivity index (χ2n) is 9.57. The molecule has 1 N–H and O–H groups in total. The Hall–Kier alpha value is -2.55. The smallest absolute Gasteiger partial charge is 0.268 e. The molecule has 3 aromatic heterocycles. The fraction of sp³-hybridized carbons (Fsp3) is 0.448. The lowest BCUT2D eigenvalue weighted by atomic mass is 10.0. The zero-order valence-corrected chi connectivity index (χ0v) is 24.1. The maximum Gasteiger partial charge on any atom is 0.268 e. The molecule has 8 heteroatoms. The van der Waals surface area contributed by atoms with E-state index in [0.717, 1.165) is 66.1 Å². The molecule has 1 fully saturated rings. The average molecular weight is 539 g/mol. The summed E-state index contributed by atoms with van der Waals surface area (Å²) < 4.78 is 7.16. The van der Waals surface area contributed by atoms with Crippen LogP contribution in [-0.2, 0) is 13.0 Å². The first kappa shape index (κ1) is 27.5. The van der Waals surface area contributed by atoms with Gasteiger partial charge >= 0.3 is 0 Å². The van der Waals surface area contributed by atoms with Gasteiger partial charge in [0.15, 0.2) is 5.76 Å². The van der Waals surface area contributed by atoms with Crippen molar-refractivity contribution in [3.8, 4) is 10.6 Å². The number of likely N-dealkylation sites (tertiary alicyclic amines) is 1. The van der Waals surface area contributed by atoms with Crippen molar-refractivity contribution >= 4 is 39.9 Å². The van der Waals surface area contributed by atoms with E-state index in [1.807, 2.05) is 12.1 Å². The lowest BCUT2D eigenvalue weighted by Crippen LogP contribution is -2.46. The number of thioether (sulfide) groups is 1. The minimum Gasteiger partial charge on any atom is -0.355 e. The van der Waals surface area contributed by atoms with Gasteiger partial charge in [0.05, 0.1) is 11.1 Å². The Labute approximate surface area is 228 Å². The van der Waals surface area contributed by atoms with Gasteiger partial charge in [0, 0.05) is 58.5 Å². The molecule has 0 unspecified atom stereocenters. The molecule has 6 nitrogen and oxygen atoms in total. The van der Waals surface area contributed by atoms with E-state index in [-0.39, 0.29) is 11.9 Å². The molecule has 198 valence electrons. The predicted molar refractivity (Wildman–Crippen MR) is 156 cm³/mol. The van der Waals surface area contributed by atoms with Crippen molar-refractivity contribution in [3.05, 3.63) is 59.2 Å². The molecule has 1 aliphatic heterocycles. The van der Waals surface area contributed by atoms with Crippen LogP contribution in [0, 0.1) is 0 Å². The van der Waals surface area contributed by atoms with Crippen LogP contribution in [-0.4, -0.2) is 52.0 Å². The molecule has 0 radical (unpaired) electrons. The number of fused-ring (bicyclic) bond motifs is 1. The molecule has 5 rings (SSSR count). The lowest BCUT2D eigenvalue weighted by Gasteiger charge is -2.34. The van der Waals surface area contributed by atoms with E-state index in [1.165, 1.54) is 9.77 Å². The van der Waals surface area contributed by atoms with E-state index in [2.05, 4.69) is 84.2 Å². The predicted octanol–water partition coefficient (Wildman–Crippen LogP) is 6.95. The average Bonchev–Trinajstić information content (AvgIpc) is 3.68. The first-order chi connectivity index (χ1) is 17.9. The summed E-state index contributed by atoms with van der Waals surface area (Å²) in [6, 6.07) is 15.4. The van der Waals surface area contributed by atoms with Crippen LogP contribution >= 0.6 is 23.1 Å². The van der Waals surface area contributed by atoms with E-state index in [9.17, 15) is 4.79 Å². The normalized spacial score (nSPS) is 14.6. The highest BCUT2D eigenvalue weighted by atomic mass is 32.2. The Morgan fingerprint density at radius 2 is 1.95 bits per heavy atom. The van der Waals surface area contributed by atoms with Crippen molar-refractivity contribution in [1.29, 1.82) is 0 Å². The van der Waals surface area contributed by atoms with Gasteiger partial charge in [-0.05, 0) is 82.7 Å². The highest BCUT2D eigenvalue weighted by Gasteiger charge is 2.24. The topological polar surface area (TPSA) is 63.3 Å². The molecule has 0 atom stereocenters. The van der Waals surface area contributed by atoms with Gasteiger partial charge in [0.25, 0.3) is 5.91 Å². The van der Waals surface area contributed by atoms with Crippen molar-refractivity contribution in [2.45, 2.75) is 70.5 Å². The minimum absolute atomic E-state index is 0.0618. The monoisotopic (exact) mass is 538 g/mol. The van der Waals surface area contributed by atoms with Crippen LogP contribution in [0.3, 0.4) is 0 Å². The molecule has 37 heavy (non-hydrogen) atoms. The van der Waals surface area contributed by atoms with Crippen LogP contribution < -0.4 is 5.32 Å². The summed E-state index contributed by atoms with van der Waals surface area (Å²) in [5, 5.41) is 8.08. The number of rotatable bonds is 7. The van der Waals surface area contributed by atoms with Crippen LogP contribution in [0.4, 0.5) is 0 Å². The van der Waals surface area contributed by atoms with Gasteiger partial charge in [0.1, 0.15) is 5.69 Å². The summed E-state index contributed by atoms with van der Waals surface area (Å²) in [6.07, 6.45) is 6.90. The number of amides is 1. The zero-order chi connectivity index (χ0) is 26.4. The Balaban J connectivity index is 0.000000222. The summed E-state index contributed by atoms with van der Waals surface area (Å²) in [7, 11) is 0. The molecular weight excluding hydrogens is 500 g/mol. The van der Waals surface area contributed by atoms with Crippen LogP contribution in [0.5, 0.6) is 0 Å². The van der Waals surface area contributed by atoms with Crippen LogP contribution in [0.15, 0.2) is 58.1 Å². The molecule has 4 aromatic rings. The number of aryl methyl sites for hydroxylation is 2. The number of hydrogen-bond donors (Lipinski definition) is 1. The van der Waals surface area contributed by atoms with Crippen molar-refractivity contribution < 1.29 is 9.32 Å². The maximum atomic E-state index is 12.9. The third-order valence-corrected chi connectivity index (χ3v) is 8.91. The zero-order valence-electron chi connectivity index (χ0n) is 22.5. The molecule has 1 aromatic carbocycles. The molecular formula is C29H38N4O2S2. The first-order valence-corrected chi connectivity index (χ1v) is 15.2. The largest absolute Gasteiger partial charge is 0.355 e. The van der Waals surface area contributed by atoms with Crippen molar-refractivity contribution in [2.24, 2.45) is 0 Å². The molecule has 4 heterocycles. The van der Waals surface area contributed by atoms with Gasteiger partial charge in [-0.25, -0.2) is 0 Å². The van der Waals surface area contributed by atoms with E-state index < -0.39 is 0 Å². The number of piperidine rings is 1. The number of carbonyl (C=O) groups is 1. The second-order valence-corrected chi connectivity index (χ2v) is 11.6. The van der Waals surface area contributed by atoms with Crippen LogP contribution in [0.25, 0.3) is 21.5 Å². The number of aromatic nitrogens is 2. The third kappa shape index (κ3) is 6.67. The quantitative estimate of drug-likeness (QED) is 0.258. The van der Waals surface area contributed by atoms with E-state index in [4.69, 9.17) is 4.52 Å². The minimum atomic E-state index is 0.0618. The summed E-state index contributed by atoms with van der Waals surface area (Å²) >= 11 is 3.49. The fourth-order valence-corrected chi connectivity index (χ4v) is 6.12. The van der Waals surface area contributed by atoms with Crippen molar-refractivity contribution in [2.75, 3.05) is 19.3 Å². The number of hydrogen-bond acceptors (Lipinski definition) is 6. The molecule has 0 aliphatic carbocycles. The lowest BCUT2D eigenvalue weighted by molar-refractivity contribution is 0.0892. The van der Waals surface area contributed by atoms with Crippen LogP contribution in [0.1, 0.15) is 55.9 Å². The van der Waals surface area contributed by atoms with Crippen LogP contribution in [0.2, 0.25) is 0 Å². The molecule has 0 bridgehead atoms. The Bertz CT molecular complexity index is 1280. The van der Waals surface area contributed by atoms with Gasteiger partial charge in [0.2, 0.25) is 0 Å². The SMILES string of the molecule is CCc1ccc(-c2ccno2)s1.CCn1c(C(=O)NC2CCN(C(C)C)CC2)cc2cc(SC)ccc21. The highest BCUT2D eigenvalue weighted by Crippen LogP contribution is 2.28. The summed E-state index contributed by atoms with van der Waals surface area (Å²) in [5.74, 6) is 0.923. The maximum absolute atomic E-state index is 12.9.